The third-order valence-electron chi connectivity index (χ3n) is 4.03. The van der Waals surface area contributed by atoms with Crippen LogP contribution in [0, 0.1) is 5.92 Å². The number of likely N-dealkylation sites (tertiary alicyclic amines) is 1. The van der Waals surface area contributed by atoms with Crippen molar-refractivity contribution in [2.45, 2.75) is 58.5 Å². The molecule has 0 amide bonds. The molecular formula is C15H27N3S. The molecule has 1 atom stereocenters. The topological polar surface area (TPSA) is 42.1 Å². The van der Waals surface area contributed by atoms with E-state index in [1.165, 1.54) is 22.7 Å². The second-order valence-corrected chi connectivity index (χ2v) is 7.96. The van der Waals surface area contributed by atoms with Crippen molar-refractivity contribution in [1.29, 1.82) is 0 Å². The Labute approximate surface area is 121 Å². The van der Waals surface area contributed by atoms with E-state index in [4.69, 9.17) is 5.73 Å². The smallest absolute Gasteiger partial charge is 0.107 e. The van der Waals surface area contributed by atoms with Crippen molar-refractivity contribution < 1.29 is 0 Å². The standard InChI is InChI=1S/C15H27N3S/c1-11(16)12-5-7-18(8-6-12)10-14-17-9-13(19-14)15(2,3)4/h9,11-12H,5-8,10,16H2,1-4H3. The first kappa shape index (κ1) is 14.9. The van der Waals surface area contributed by atoms with Crippen molar-refractivity contribution in [2.75, 3.05) is 13.1 Å². The van der Waals surface area contributed by atoms with Crippen molar-refractivity contribution in [3.05, 3.63) is 16.1 Å². The fourth-order valence-electron chi connectivity index (χ4n) is 2.56. The first-order chi connectivity index (χ1) is 8.86. The minimum Gasteiger partial charge on any atom is -0.328 e. The molecule has 0 spiro atoms. The van der Waals surface area contributed by atoms with E-state index in [2.05, 4.69) is 43.8 Å². The van der Waals surface area contributed by atoms with Gasteiger partial charge >= 0.3 is 0 Å². The molecule has 108 valence electrons. The molecule has 1 saturated heterocycles. The Balaban J connectivity index is 1.87. The maximum absolute atomic E-state index is 5.99. The Morgan fingerprint density at radius 1 is 1.42 bits per heavy atom. The van der Waals surface area contributed by atoms with Gasteiger partial charge < -0.3 is 5.73 Å². The van der Waals surface area contributed by atoms with Crippen LogP contribution in [0.25, 0.3) is 0 Å². The molecular weight excluding hydrogens is 254 g/mol. The zero-order chi connectivity index (χ0) is 14.0. The van der Waals surface area contributed by atoms with Crippen LogP contribution in [0.1, 0.15) is 50.4 Å². The van der Waals surface area contributed by atoms with E-state index in [0.29, 0.717) is 12.0 Å². The van der Waals surface area contributed by atoms with E-state index < -0.39 is 0 Å². The molecule has 19 heavy (non-hydrogen) atoms. The molecule has 0 aliphatic carbocycles. The molecule has 1 aromatic heterocycles. The van der Waals surface area contributed by atoms with Gasteiger partial charge in [-0.25, -0.2) is 4.98 Å². The van der Waals surface area contributed by atoms with Gasteiger partial charge in [0.25, 0.3) is 0 Å². The molecule has 1 unspecified atom stereocenters. The molecule has 4 heteroatoms. The van der Waals surface area contributed by atoms with E-state index >= 15 is 0 Å². The van der Waals surface area contributed by atoms with Crippen LogP contribution in [0.15, 0.2) is 6.20 Å². The van der Waals surface area contributed by atoms with E-state index in [1.807, 2.05) is 11.3 Å². The summed E-state index contributed by atoms with van der Waals surface area (Å²) in [6.07, 6.45) is 4.51. The molecule has 2 rings (SSSR count). The van der Waals surface area contributed by atoms with E-state index in [1.54, 1.807) is 0 Å². The predicted octanol–water partition coefficient (Wildman–Crippen LogP) is 3.00. The van der Waals surface area contributed by atoms with Crippen molar-refractivity contribution in [1.82, 2.24) is 9.88 Å². The van der Waals surface area contributed by atoms with Crippen molar-refractivity contribution in [3.63, 3.8) is 0 Å². The zero-order valence-electron chi connectivity index (χ0n) is 12.6. The first-order valence-corrected chi connectivity index (χ1v) is 8.11. The summed E-state index contributed by atoms with van der Waals surface area (Å²) in [4.78, 5) is 8.48. The summed E-state index contributed by atoms with van der Waals surface area (Å²) in [5.41, 5.74) is 6.21. The van der Waals surface area contributed by atoms with E-state index in [-0.39, 0.29) is 5.41 Å². The van der Waals surface area contributed by atoms with Gasteiger partial charge in [0.2, 0.25) is 0 Å². The first-order valence-electron chi connectivity index (χ1n) is 7.29. The third-order valence-corrected chi connectivity index (χ3v) is 5.44. The van der Waals surface area contributed by atoms with Crippen LogP contribution < -0.4 is 5.73 Å². The van der Waals surface area contributed by atoms with Crippen LogP contribution in [0.3, 0.4) is 0 Å². The molecule has 2 heterocycles. The van der Waals surface area contributed by atoms with E-state index in [9.17, 15) is 0 Å². The van der Waals surface area contributed by atoms with Gasteiger partial charge in [-0.3, -0.25) is 4.90 Å². The highest BCUT2D eigenvalue weighted by atomic mass is 32.1. The predicted molar refractivity (Wildman–Crippen MR) is 82.5 cm³/mol. The van der Waals surface area contributed by atoms with Crippen LogP contribution in [-0.4, -0.2) is 29.0 Å². The number of hydrogen-bond acceptors (Lipinski definition) is 4. The lowest BCUT2D eigenvalue weighted by Gasteiger charge is -2.33. The summed E-state index contributed by atoms with van der Waals surface area (Å²) in [5.74, 6) is 0.706. The fourth-order valence-corrected chi connectivity index (χ4v) is 3.58. The summed E-state index contributed by atoms with van der Waals surface area (Å²) >= 11 is 1.86. The lowest BCUT2D eigenvalue weighted by atomic mass is 9.91. The van der Waals surface area contributed by atoms with Gasteiger partial charge in [-0.05, 0) is 44.2 Å². The Morgan fingerprint density at radius 3 is 2.53 bits per heavy atom. The summed E-state index contributed by atoms with van der Waals surface area (Å²) < 4.78 is 0. The Morgan fingerprint density at radius 2 is 2.05 bits per heavy atom. The number of thiazole rings is 1. The Kier molecular flexibility index (Phi) is 4.64. The molecule has 0 saturated carbocycles. The molecule has 1 aliphatic rings. The number of nitrogens with two attached hydrogens (primary N) is 1. The van der Waals surface area contributed by atoms with Crippen LogP contribution in [0.2, 0.25) is 0 Å². The molecule has 1 aliphatic heterocycles. The molecule has 0 aromatic carbocycles. The van der Waals surface area contributed by atoms with Gasteiger partial charge in [-0.15, -0.1) is 11.3 Å². The summed E-state index contributed by atoms with van der Waals surface area (Å²) in [5, 5.41) is 1.25. The molecule has 2 N–H and O–H groups in total. The number of aromatic nitrogens is 1. The highest BCUT2D eigenvalue weighted by Crippen LogP contribution is 2.29. The van der Waals surface area contributed by atoms with Crippen molar-refractivity contribution in [2.24, 2.45) is 11.7 Å². The summed E-state index contributed by atoms with van der Waals surface area (Å²) in [7, 11) is 0. The van der Waals surface area contributed by atoms with Gasteiger partial charge in [0.15, 0.2) is 0 Å². The molecule has 1 fully saturated rings. The normalized spacial score (nSPS) is 20.7. The second-order valence-electron chi connectivity index (χ2n) is 6.84. The van der Waals surface area contributed by atoms with E-state index in [0.717, 1.165) is 19.6 Å². The van der Waals surface area contributed by atoms with Crippen molar-refractivity contribution in [3.8, 4) is 0 Å². The van der Waals surface area contributed by atoms with Gasteiger partial charge in [0.05, 0.1) is 6.54 Å². The van der Waals surface area contributed by atoms with Crippen LogP contribution in [0.5, 0.6) is 0 Å². The van der Waals surface area contributed by atoms with Crippen molar-refractivity contribution >= 4 is 11.3 Å². The molecule has 1 aromatic rings. The summed E-state index contributed by atoms with van der Waals surface area (Å²) in [6.45, 7) is 12.2. The number of rotatable bonds is 3. The fraction of sp³-hybridized carbons (Fsp3) is 0.800. The van der Waals surface area contributed by atoms with Crippen LogP contribution in [-0.2, 0) is 12.0 Å². The number of piperidine rings is 1. The van der Waals surface area contributed by atoms with Gasteiger partial charge in [-0.1, -0.05) is 20.8 Å². The van der Waals surface area contributed by atoms with Gasteiger partial charge in [0.1, 0.15) is 5.01 Å². The highest BCUT2D eigenvalue weighted by molar-refractivity contribution is 7.11. The highest BCUT2D eigenvalue weighted by Gasteiger charge is 2.23. The maximum atomic E-state index is 5.99. The molecule has 0 radical (unpaired) electrons. The number of nitrogens with zero attached hydrogens (tertiary/aromatic N) is 2. The lowest BCUT2D eigenvalue weighted by Crippen LogP contribution is -2.39. The Hall–Kier alpha value is -0.450. The quantitative estimate of drug-likeness (QED) is 0.926. The van der Waals surface area contributed by atoms with Gasteiger partial charge in [0, 0.05) is 17.1 Å². The average Bonchev–Trinajstić information content (AvgIpc) is 2.78. The number of hydrogen-bond donors (Lipinski definition) is 1. The van der Waals surface area contributed by atoms with Gasteiger partial charge in [-0.2, -0.15) is 0 Å². The average molecular weight is 281 g/mol. The molecule has 3 nitrogen and oxygen atoms in total. The monoisotopic (exact) mass is 281 g/mol. The Bertz CT molecular complexity index is 398. The van der Waals surface area contributed by atoms with Crippen LogP contribution >= 0.6 is 11.3 Å². The second kappa shape index (κ2) is 5.90. The minimum atomic E-state index is 0.220. The minimum absolute atomic E-state index is 0.220. The largest absolute Gasteiger partial charge is 0.328 e. The summed E-state index contributed by atoms with van der Waals surface area (Å²) in [6, 6.07) is 0.342. The lowest BCUT2D eigenvalue weighted by molar-refractivity contribution is 0.165. The zero-order valence-corrected chi connectivity index (χ0v) is 13.5. The maximum Gasteiger partial charge on any atom is 0.107 e. The third kappa shape index (κ3) is 4.01. The van der Waals surface area contributed by atoms with Crippen LogP contribution in [0.4, 0.5) is 0 Å². The SMILES string of the molecule is CC(N)C1CCN(Cc2ncc(C(C)(C)C)s2)CC1. The molecule has 0 bridgehead atoms.